The van der Waals surface area contributed by atoms with Crippen LogP contribution in [0.2, 0.25) is 0 Å². The number of nitrogens with two attached hydrogens (primary N) is 1. The Bertz CT molecular complexity index is 401. The molecule has 2 atom stereocenters. The highest BCUT2D eigenvalue weighted by Crippen LogP contribution is 2.47. The number of alkyl halides is 3. The minimum absolute atomic E-state index is 0.164. The van der Waals surface area contributed by atoms with Gasteiger partial charge in [0, 0.05) is 6.04 Å². The zero-order valence-electron chi connectivity index (χ0n) is 11.6. The van der Waals surface area contributed by atoms with Crippen molar-refractivity contribution in [1.82, 2.24) is 4.90 Å². The second kappa shape index (κ2) is 4.81. The summed E-state index contributed by atoms with van der Waals surface area (Å²) in [5, 5.41) is 0. The van der Waals surface area contributed by atoms with Gasteiger partial charge in [-0.05, 0) is 32.1 Å². The second-order valence-electron chi connectivity index (χ2n) is 6.54. The zero-order chi connectivity index (χ0) is 14.4. The van der Waals surface area contributed by atoms with Crippen LogP contribution in [0.5, 0.6) is 0 Å². The van der Waals surface area contributed by atoms with E-state index in [0.717, 1.165) is 32.1 Å². The molecule has 2 saturated carbocycles. The van der Waals surface area contributed by atoms with Crippen molar-refractivity contribution in [3.63, 3.8) is 0 Å². The molecule has 114 valence electrons. The SMILES string of the molecule is NC1=NCC2(CCCC(C(F)(F)F)C2)N1C1CCCC1. The van der Waals surface area contributed by atoms with E-state index in [1.165, 1.54) is 0 Å². The lowest BCUT2D eigenvalue weighted by molar-refractivity contribution is -0.191. The number of guanidine groups is 1. The first-order valence-electron chi connectivity index (χ1n) is 7.58. The van der Waals surface area contributed by atoms with Crippen LogP contribution in [0.15, 0.2) is 4.99 Å². The Morgan fingerprint density at radius 1 is 1.15 bits per heavy atom. The van der Waals surface area contributed by atoms with Gasteiger partial charge in [0.25, 0.3) is 0 Å². The third kappa shape index (κ3) is 2.27. The molecule has 0 aromatic carbocycles. The molecule has 0 aromatic rings. The van der Waals surface area contributed by atoms with Crippen LogP contribution in [0.1, 0.15) is 51.4 Å². The third-order valence-electron chi connectivity index (χ3n) is 5.27. The summed E-state index contributed by atoms with van der Waals surface area (Å²) in [4.78, 5) is 6.38. The van der Waals surface area contributed by atoms with Gasteiger partial charge in [0.2, 0.25) is 0 Å². The first-order chi connectivity index (χ1) is 9.42. The van der Waals surface area contributed by atoms with Gasteiger partial charge in [-0.3, -0.25) is 4.99 Å². The molecular formula is C14H22F3N3. The lowest BCUT2D eigenvalue weighted by Gasteiger charge is -2.47. The number of rotatable bonds is 1. The molecule has 2 fully saturated rings. The van der Waals surface area contributed by atoms with Gasteiger partial charge < -0.3 is 10.6 Å². The standard InChI is InChI=1S/C14H22F3N3/c15-14(16,17)10-4-3-7-13(8-10)9-19-12(18)20(13)11-5-1-2-6-11/h10-11H,1-9H2,(H2,18,19). The maximum atomic E-state index is 13.1. The van der Waals surface area contributed by atoms with E-state index >= 15 is 0 Å². The van der Waals surface area contributed by atoms with Crippen molar-refractivity contribution in [2.45, 2.75) is 69.1 Å². The molecule has 2 aliphatic carbocycles. The van der Waals surface area contributed by atoms with Crippen LogP contribution in [0, 0.1) is 5.92 Å². The summed E-state index contributed by atoms with van der Waals surface area (Å²) >= 11 is 0. The molecule has 2 N–H and O–H groups in total. The Morgan fingerprint density at radius 2 is 1.85 bits per heavy atom. The summed E-state index contributed by atoms with van der Waals surface area (Å²) in [6, 6.07) is 0.299. The van der Waals surface area contributed by atoms with E-state index in [0.29, 0.717) is 25.0 Å². The van der Waals surface area contributed by atoms with E-state index < -0.39 is 17.6 Å². The van der Waals surface area contributed by atoms with E-state index in [1.807, 2.05) is 0 Å². The Balaban J connectivity index is 1.83. The maximum absolute atomic E-state index is 13.1. The summed E-state index contributed by atoms with van der Waals surface area (Å²) in [5.74, 6) is -0.721. The topological polar surface area (TPSA) is 41.6 Å². The van der Waals surface area contributed by atoms with Crippen LogP contribution in [-0.4, -0.2) is 35.2 Å². The Kier molecular flexibility index (Phi) is 3.37. The van der Waals surface area contributed by atoms with Crippen molar-refractivity contribution in [2.75, 3.05) is 6.54 Å². The van der Waals surface area contributed by atoms with Gasteiger partial charge in [0.1, 0.15) is 0 Å². The summed E-state index contributed by atoms with van der Waals surface area (Å²) in [6.45, 7) is 0.446. The van der Waals surface area contributed by atoms with E-state index in [2.05, 4.69) is 9.89 Å². The molecular weight excluding hydrogens is 267 g/mol. The first kappa shape index (κ1) is 14.0. The minimum atomic E-state index is -4.09. The average Bonchev–Trinajstić information content (AvgIpc) is 2.98. The van der Waals surface area contributed by atoms with Crippen LogP contribution >= 0.6 is 0 Å². The molecule has 1 aliphatic heterocycles. The van der Waals surface area contributed by atoms with Crippen LogP contribution in [-0.2, 0) is 0 Å². The summed E-state index contributed by atoms with van der Waals surface area (Å²) in [6.07, 6.45) is 2.10. The molecule has 3 aliphatic rings. The molecule has 0 saturated heterocycles. The maximum Gasteiger partial charge on any atom is 0.391 e. The molecule has 0 bridgehead atoms. The molecule has 3 nitrogen and oxygen atoms in total. The molecule has 1 heterocycles. The molecule has 3 rings (SSSR count). The van der Waals surface area contributed by atoms with E-state index in [4.69, 9.17) is 5.73 Å². The predicted octanol–water partition coefficient (Wildman–Crippen LogP) is 3.05. The Hall–Kier alpha value is -0.940. The van der Waals surface area contributed by atoms with Crippen LogP contribution in [0.3, 0.4) is 0 Å². The number of nitrogens with zero attached hydrogens (tertiary/aromatic N) is 2. The van der Waals surface area contributed by atoms with E-state index in [1.54, 1.807) is 0 Å². The van der Waals surface area contributed by atoms with Crippen molar-refractivity contribution in [3.8, 4) is 0 Å². The average molecular weight is 289 g/mol. The van der Waals surface area contributed by atoms with Gasteiger partial charge in [-0.25, -0.2) is 0 Å². The van der Waals surface area contributed by atoms with Crippen molar-refractivity contribution in [3.05, 3.63) is 0 Å². The molecule has 6 heteroatoms. The van der Waals surface area contributed by atoms with Gasteiger partial charge in [-0.2, -0.15) is 13.2 Å². The zero-order valence-corrected chi connectivity index (χ0v) is 11.6. The molecule has 2 unspecified atom stereocenters. The number of aliphatic imine (C=N–C) groups is 1. The molecule has 0 aromatic heterocycles. The van der Waals surface area contributed by atoms with Crippen LogP contribution < -0.4 is 5.73 Å². The smallest absolute Gasteiger partial charge is 0.370 e. The highest BCUT2D eigenvalue weighted by Gasteiger charge is 2.53. The lowest BCUT2D eigenvalue weighted by Crippen LogP contribution is -2.58. The Morgan fingerprint density at radius 3 is 2.50 bits per heavy atom. The van der Waals surface area contributed by atoms with E-state index in [-0.39, 0.29) is 12.8 Å². The van der Waals surface area contributed by atoms with E-state index in [9.17, 15) is 13.2 Å². The quantitative estimate of drug-likeness (QED) is 0.806. The van der Waals surface area contributed by atoms with Crippen molar-refractivity contribution < 1.29 is 13.2 Å². The fourth-order valence-electron chi connectivity index (χ4n) is 4.34. The van der Waals surface area contributed by atoms with Gasteiger partial charge in [0.15, 0.2) is 5.96 Å². The number of hydrogen-bond donors (Lipinski definition) is 1. The normalized spacial score (nSPS) is 35.9. The molecule has 1 spiro atoms. The van der Waals surface area contributed by atoms with Crippen LogP contribution in [0.25, 0.3) is 0 Å². The summed E-state index contributed by atoms with van der Waals surface area (Å²) < 4.78 is 39.3. The van der Waals surface area contributed by atoms with Gasteiger partial charge in [-0.15, -0.1) is 0 Å². The van der Waals surface area contributed by atoms with Gasteiger partial charge in [-0.1, -0.05) is 19.3 Å². The number of hydrogen-bond acceptors (Lipinski definition) is 3. The van der Waals surface area contributed by atoms with Crippen molar-refractivity contribution >= 4 is 5.96 Å². The highest BCUT2D eigenvalue weighted by molar-refractivity contribution is 5.81. The van der Waals surface area contributed by atoms with Crippen molar-refractivity contribution in [1.29, 1.82) is 0 Å². The lowest BCUT2D eigenvalue weighted by atomic mass is 9.74. The fourth-order valence-corrected chi connectivity index (χ4v) is 4.34. The van der Waals surface area contributed by atoms with Crippen LogP contribution in [0.4, 0.5) is 13.2 Å². The molecule has 0 amide bonds. The fraction of sp³-hybridized carbons (Fsp3) is 0.929. The highest BCUT2D eigenvalue weighted by atomic mass is 19.4. The third-order valence-corrected chi connectivity index (χ3v) is 5.27. The predicted molar refractivity (Wildman–Crippen MR) is 71.3 cm³/mol. The first-order valence-corrected chi connectivity index (χ1v) is 7.58. The van der Waals surface area contributed by atoms with Crippen molar-refractivity contribution in [2.24, 2.45) is 16.6 Å². The summed E-state index contributed by atoms with van der Waals surface area (Å²) in [5.41, 5.74) is 5.55. The van der Waals surface area contributed by atoms with Gasteiger partial charge in [0.05, 0.1) is 18.0 Å². The summed E-state index contributed by atoms with van der Waals surface area (Å²) in [7, 11) is 0. The Labute approximate surface area is 117 Å². The molecule has 0 radical (unpaired) electrons. The minimum Gasteiger partial charge on any atom is -0.370 e. The second-order valence-corrected chi connectivity index (χ2v) is 6.54. The largest absolute Gasteiger partial charge is 0.391 e. The number of halogens is 3. The van der Waals surface area contributed by atoms with Gasteiger partial charge >= 0.3 is 6.18 Å². The molecule has 20 heavy (non-hydrogen) atoms. The monoisotopic (exact) mass is 289 g/mol.